The summed E-state index contributed by atoms with van der Waals surface area (Å²) in [6.07, 6.45) is 8.66. The number of thiophene rings is 1. The van der Waals surface area contributed by atoms with E-state index >= 15 is 0 Å². The molecule has 5 heteroatoms. The highest BCUT2D eigenvalue weighted by molar-refractivity contribution is 7.14. The smallest absolute Gasteiger partial charge is 0.261 e. The van der Waals surface area contributed by atoms with Crippen molar-refractivity contribution in [2.75, 3.05) is 20.6 Å². The predicted molar refractivity (Wildman–Crippen MR) is 104 cm³/mol. The zero-order chi connectivity index (χ0) is 18.4. The number of hydrogen-bond donors (Lipinski definition) is 1. The Morgan fingerprint density at radius 3 is 2.36 bits per heavy atom. The van der Waals surface area contributed by atoms with Gasteiger partial charge < -0.3 is 10.2 Å². The summed E-state index contributed by atoms with van der Waals surface area (Å²) in [5.41, 5.74) is 0.849. The molecule has 1 N–H and O–H groups in total. The summed E-state index contributed by atoms with van der Waals surface area (Å²) in [6.45, 7) is 4.44. The predicted octanol–water partition coefficient (Wildman–Crippen LogP) is 4.03. The molecule has 1 aliphatic rings. The maximum absolute atomic E-state index is 12.7. The minimum Gasteiger partial charge on any atom is -0.350 e. The summed E-state index contributed by atoms with van der Waals surface area (Å²) in [5, 5.41) is 3.04. The maximum Gasteiger partial charge on any atom is 0.261 e. The van der Waals surface area contributed by atoms with Crippen LogP contribution in [0, 0.1) is 5.41 Å². The number of carbonyl (C=O) groups is 2. The lowest BCUT2D eigenvalue weighted by atomic mass is 9.80. The van der Waals surface area contributed by atoms with Crippen LogP contribution < -0.4 is 5.32 Å². The standard InChI is InChI=1S/C20H32N2O2S/c1-5-20(6-2,19(24)22(3)4)14-21-18(23)17-13-15-11-9-7-8-10-12-16(15)25-17/h13H,5-12,14H2,1-4H3,(H,21,23). The van der Waals surface area contributed by atoms with Crippen molar-refractivity contribution in [3.63, 3.8) is 0 Å². The number of fused-ring (bicyclic) bond motifs is 1. The Morgan fingerprint density at radius 1 is 1.12 bits per heavy atom. The Kier molecular flexibility index (Phi) is 7.05. The molecule has 0 aliphatic heterocycles. The minimum absolute atomic E-state index is 0.0328. The summed E-state index contributed by atoms with van der Waals surface area (Å²) in [6, 6.07) is 2.08. The van der Waals surface area contributed by atoms with Crippen LogP contribution in [0.2, 0.25) is 0 Å². The summed E-state index contributed by atoms with van der Waals surface area (Å²) < 4.78 is 0. The van der Waals surface area contributed by atoms with Crippen molar-refractivity contribution in [2.45, 2.75) is 65.2 Å². The van der Waals surface area contributed by atoms with Crippen LogP contribution in [-0.4, -0.2) is 37.4 Å². The molecule has 2 amide bonds. The zero-order valence-electron chi connectivity index (χ0n) is 16.1. The Labute approximate surface area is 156 Å². The second-order valence-electron chi connectivity index (χ2n) is 7.34. The third-order valence-electron chi connectivity index (χ3n) is 5.52. The van der Waals surface area contributed by atoms with Crippen LogP contribution in [0.15, 0.2) is 6.07 Å². The SMILES string of the molecule is CCC(CC)(CNC(=O)c1cc2c(s1)CCCCCC2)C(=O)N(C)C. The van der Waals surface area contributed by atoms with Crippen LogP contribution in [0.3, 0.4) is 0 Å². The Bertz CT molecular complexity index is 577. The van der Waals surface area contributed by atoms with E-state index in [9.17, 15) is 9.59 Å². The Balaban J connectivity index is 2.08. The molecular weight excluding hydrogens is 332 g/mol. The van der Waals surface area contributed by atoms with Gasteiger partial charge in [0.25, 0.3) is 5.91 Å². The molecule has 1 aromatic rings. The number of nitrogens with zero attached hydrogens (tertiary/aromatic N) is 1. The van der Waals surface area contributed by atoms with Gasteiger partial charge in [0, 0.05) is 25.5 Å². The number of rotatable bonds is 6. The molecule has 0 atom stereocenters. The molecule has 0 fully saturated rings. The molecule has 0 unspecified atom stereocenters. The number of hydrogen-bond acceptors (Lipinski definition) is 3. The molecule has 0 spiro atoms. The fraction of sp³-hybridized carbons (Fsp3) is 0.700. The highest BCUT2D eigenvalue weighted by atomic mass is 32.1. The van der Waals surface area contributed by atoms with Crippen molar-refractivity contribution < 1.29 is 9.59 Å². The molecule has 2 rings (SSSR count). The normalized spacial score (nSPS) is 15.0. The lowest BCUT2D eigenvalue weighted by Gasteiger charge is -2.33. The molecule has 4 nitrogen and oxygen atoms in total. The van der Waals surface area contributed by atoms with Gasteiger partial charge in [0.15, 0.2) is 0 Å². The van der Waals surface area contributed by atoms with E-state index in [2.05, 4.69) is 11.4 Å². The van der Waals surface area contributed by atoms with Gasteiger partial charge in [-0.1, -0.05) is 26.7 Å². The Hall–Kier alpha value is -1.36. The number of amides is 2. The van der Waals surface area contributed by atoms with E-state index in [-0.39, 0.29) is 11.8 Å². The van der Waals surface area contributed by atoms with E-state index in [1.54, 1.807) is 30.3 Å². The number of nitrogens with one attached hydrogen (secondary N) is 1. The zero-order valence-corrected chi connectivity index (χ0v) is 16.9. The van der Waals surface area contributed by atoms with Crippen LogP contribution in [0.1, 0.15) is 72.5 Å². The van der Waals surface area contributed by atoms with E-state index < -0.39 is 5.41 Å². The molecule has 0 saturated carbocycles. The van der Waals surface area contributed by atoms with E-state index in [0.717, 1.165) is 30.6 Å². The van der Waals surface area contributed by atoms with Crippen LogP contribution in [-0.2, 0) is 17.6 Å². The van der Waals surface area contributed by atoms with Crippen LogP contribution >= 0.6 is 11.3 Å². The molecule has 0 radical (unpaired) electrons. The molecule has 0 saturated heterocycles. The van der Waals surface area contributed by atoms with Crippen molar-refractivity contribution in [2.24, 2.45) is 5.41 Å². The quantitative estimate of drug-likeness (QED) is 0.828. The fourth-order valence-electron chi connectivity index (χ4n) is 3.65. The Morgan fingerprint density at radius 2 is 1.76 bits per heavy atom. The minimum atomic E-state index is -0.509. The summed E-state index contributed by atoms with van der Waals surface area (Å²) in [4.78, 5) is 29.1. The third-order valence-corrected chi connectivity index (χ3v) is 6.76. The van der Waals surface area contributed by atoms with Gasteiger partial charge >= 0.3 is 0 Å². The van der Waals surface area contributed by atoms with Crippen LogP contribution in [0.25, 0.3) is 0 Å². The molecule has 25 heavy (non-hydrogen) atoms. The van der Waals surface area contributed by atoms with Crippen molar-refractivity contribution >= 4 is 23.2 Å². The maximum atomic E-state index is 12.7. The lowest BCUT2D eigenvalue weighted by Crippen LogP contribution is -2.47. The monoisotopic (exact) mass is 364 g/mol. The van der Waals surface area contributed by atoms with Crippen molar-refractivity contribution in [3.8, 4) is 0 Å². The second kappa shape index (κ2) is 8.84. The molecular formula is C20H32N2O2S. The first-order valence-electron chi connectivity index (χ1n) is 9.55. The van der Waals surface area contributed by atoms with Gasteiger partial charge in [0.05, 0.1) is 10.3 Å². The first-order chi connectivity index (χ1) is 11.9. The first-order valence-corrected chi connectivity index (χ1v) is 10.4. The van der Waals surface area contributed by atoms with Gasteiger partial charge in [-0.05, 0) is 50.2 Å². The average Bonchev–Trinajstić information content (AvgIpc) is 2.97. The van der Waals surface area contributed by atoms with Crippen molar-refractivity contribution in [1.82, 2.24) is 10.2 Å². The van der Waals surface area contributed by atoms with Crippen molar-refractivity contribution in [3.05, 3.63) is 21.4 Å². The summed E-state index contributed by atoms with van der Waals surface area (Å²) in [5.74, 6) is 0.0610. The molecule has 140 valence electrons. The number of aryl methyl sites for hydroxylation is 2. The van der Waals surface area contributed by atoms with Crippen molar-refractivity contribution in [1.29, 1.82) is 0 Å². The fourth-order valence-corrected chi connectivity index (χ4v) is 4.82. The van der Waals surface area contributed by atoms with Crippen LogP contribution in [0.5, 0.6) is 0 Å². The van der Waals surface area contributed by atoms with E-state index in [1.807, 2.05) is 13.8 Å². The van der Waals surface area contributed by atoms with Crippen LogP contribution in [0.4, 0.5) is 0 Å². The molecule has 0 bridgehead atoms. The van der Waals surface area contributed by atoms with E-state index in [4.69, 9.17) is 0 Å². The van der Waals surface area contributed by atoms with Gasteiger partial charge in [-0.2, -0.15) is 0 Å². The molecule has 1 aliphatic carbocycles. The first kappa shape index (κ1) is 20.0. The number of carbonyl (C=O) groups excluding carboxylic acids is 2. The topological polar surface area (TPSA) is 49.4 Å². The molecule has 1 heterocycles. The molecule has 1 aromatic heterocycles. The second-order valence-corrected chi connectivity index (χ2v) is 8.48. The average molecular weight is 365 g/mol. The van der Waals surface area contributed by atoms with E-state index in [0.29, 0.717) is 6.54 Å². The summed E-state index contributed by atoms with van der Waals surface area (Å²) in [7, 11) is 3.56. The van der Waals surface area contributed by atoms with Gasteiger partial charge in [0.2, 0.25) is 5.91 Å². The lowest BCUT2D eigenvalue weighted by molar-refractivity contribution is -0.139. The largest absolute Gasteiger partial charge is 0.350 e. The van der Waals surface area contributed by atoms with Gasteiger partial charge in [-0.3, -0.25) is 9.59 Å². The highest BCUT2D eigenvalue weighted by Crippen LogP contribution is 2.30. The highest BCUT2D eigenvalue weighted by Gasteiger charge is 2.36. The van der Waals surface area contributed by atoms with E-state index in [1.165, 1.54) is 36.1 Å². The van der Waals surface area contributed by atoms with Gasteiger partial charge in [-0.15, -0.1) is 11.3 Å². The molecule has 0 aromatic carbocycles. The van der Waals surface area contributed by atoms with Gasteiger partial charge in [-0.25, -0.2) is 0 Å². The van der Waals surface area contributed by atoms with Gasteiger partial charge in [0.1, 0.15) is 0 Å². The summed E-state index contributed by atoms with van der Waals surface area (Å²) >= 11 is 1.64. The third kappa shape index (κ3) is 4.63.